The number of halogens is 2. The van der Waals surface area contributed by atoms with E-state index < -0.39 is 24.3 Å². The summed E-state index contributed by atoms with van der Waals surface area (Å²) in [5.41, 5.74) is 0. The minimum absolute atomic E-state index is 0.205. The van der Waals surface area contributed by atoms with Gasteiger partial charge in [0.2, 0.25) is 5.91 Å². The number of hydrogen-bond acceptors (Lipinski definition) is 2. The van der Waals surface area contributed by atoms with Gasteiger partial charge in [0.1, 0.15) is 5.92 Å². The van der Waals surface area contributed by atoms with Crippen LogP contribution in [0.1, 0.15) is 20.3 Å². The number of piperidine rings is 1. The molecule has 1 atom stereocenters. The summed E-state index contributed by atoms with van der Waals surface area (Å²) >= 11 is 0. The van der Waals surface area contributed by atoms with Crippen LogP contribution in [-0.2, 0) is 4.79 Å². The van der Waals surface area contributed by atoms with Gasteiger partial charge in [-0.15, -0.1) is 0 Å². The monoisotopic (exact) mass is 220 g/mol. The van der Waals surface area contributed by atoms with Gasteiger partial charge in [-0.3, -0.25) is 4.79 Å². The molecule has 1 heterocycles. The molecule has 88 valence electrons. The van der Waals surface area contributed by atoms with Crippen LogP contribution < -0.4 is 10.6 Å². The fourth-order valence-corrected chi connectivity index (χ4v) is 1.59. The highest BCUT2D eigenvalue weighted by Gasteiger charge is 2.45. The van der Waals surface area contributed by atoms with Crippen LogP contribution in [0.25, 0.3) is 0 Å². The van der Waals surface area contributed by atoms with Gasteiger partial charge in [0, 0.05) is 6.54 Å². The van der Waals surface area contributed by atoms with Crippen LogP contribution in [0, 0.1) is 11.8 Å². The van der Waals surface area contributed by atoms with Crippen molar-refractivity contribution in [3.05, 3.63) is 0 Å². The molecule has 0 aromatic heterocycles. The van der Waals surface area contributed by atoms with E-state index >= 15 is 0 Å². The molecule has 0 aliphatic carbocycles. The Morgan fingerprint density at radius 2 is 2.27 bits per heavy atom. The second kappa shape index (κ2) is 4.88. The van der Waals surface area contributed by atoms with Crippen LogP contribution in [0.4, 0.5) is 8.78 Å². The lowest BCUT2D eigenvalue weighted by Gasteiger charge is -2.30. The van der Waals surface area contributed by atoms with Crippen molar-refractivity contribution in [1.29, 1.82) is 0 Å². The van der Waals surface area contributed by atoms with Gasteiger partial charge < -0.3 is 10.6 Å². The van der Waals surface area contributed by atoms with Crippen molar-refractivity contribution in [2.75, 3.05) is 19.6 Å². The van der Waals surface area contributed by atoms with Crippen LogP contribution in [0.5, 0.6) is 0 Å². The Morgan fingerprint density at radius 1 is 1.60 bits per heavy atom. The maximum Gasteiger partial charge on any atom is 0.271 e. The molecular weight excluding hydrogens is 202 g/mol. The predicted octanol–water partition coefficient (Wildman–Crippen LogP) is 1.00. The number of amides is 1. The zero-order valence-electron chi connectivity index (χ0n) is 9.15. The highest BCUT2D eigenvalue weighted by atomic mass is 19.3. The van der Waals surface area contributed by atoms with Gasteiger partial charge in [0.25, 0.3) is 5.92 Å². The first-order valence-electron chi connectivity index (χ1n) is 5.29. The molecule has 1 aliphatic heterocycles. The smallest absolute Gasteiger partial charge is 0.271 e. The van der Waals surface area contributed by atoms with Gasteiger partial charge in [0.05, 0.1) is 6.54 Å². The molecule has 1 amide bonds. The molecule has 3 nitrogen and oxygen atoms in total. The highest BCUT2D eigenvalue weighted by Crippen LogP contribution is 2.29. The molecule has 0 bridgehead atoms. The summed E-state index contributed by atoms with van der Waals surface area (Å²) < 4.78 is 26.6. The first kappa shape index (κ1) is 12.4. The van der Waals surface area contributed by atoms with Crippen LogP contribution in [0.15, 0.2) is 0 Å². The molecular formula is C10H18F2N2O. The summed E-state index contributed by atoms with van der Waals surface area (Å²) in [6, 6.07) is 0. The van der Waals surface area contributed by atoms with Crippen molar-refractivity contribution in [3.63, 3.8) is 0 Å². The fourth-order valence-electron chi connectivity index (χ4n) is 1.59. The average Bonchev–Trinajstić information content (AvgIpc) is 2.13. The van der Waals surface area contributed by atoms with Crippen molar-refractivity contribution in [1.82, 2.24) is 10.6 Å². The Bertz CT molecular complexity index is 231. The third-order valence-electron chi connectivity index (χ3n) is 2.48. The van der Waals surface area contributed by atoms with E-state index in [-0.39, 0.29) is 12.3 Å². The first-order chi connectivity index (χ1) is 6.93. The molecule has 15 heavy (non-hydrogen) atoms. The number of rotatable bonds is 3. The lowest BCUT2D eigenvalue weighted by atomic mass is 9.93. The molecule has 1 unspecified atom stereocenters. The fraction of sp³-hybridized carbons (Fsp3) is 0.900. The summed E-state index contributed by atoms with van der Waals surface area (Å²) in [6.45, 7) is 4.41. The van der Waals surface area contributed by atoms with Crippen molar-refractivity contribution in [2.45, 2.75) is 26.2 Å². The Hall–Kier alpha value is -0.710. The molecule has 0 aromatic carbocycles. The maximum atomic E-state index is 13.3. The van der Waals surface area contributed by atoms with Crippen LogP contribution in [0.3, 0.4) is 0 Å². The lowest BCUT2D eigenvalue weighted by Crippen LogP contribution is -2.52. The molecule has 0 radical (unpaired) electrons. The van der Waals surface area contributed by atoms with Crippen molar-refractivity contribution in [3.8, 4) is 0 Å². The molecule has 0 spiro atoms. The Kier molecular flexibility index (Phi) is 4.02. The molecule has 0 aromatic rings. The molecule has 1 aliphatic rings. The standard InChI is InChI=1S/C10H18F2N2O/c1-7(2)5-14-9(15)8-3-4-13-6-10(8,11)12/h7-8,13H,3-6H2,1-2H3,(H,14,15). The van der Waals surface area contributed by atoms with Gasteiger partial charge in [-0.05, 0) is 18.9 Å². The predicted molar refractivity (Wildman–Crippen MR) is 53.8 cm³/mol. The van der Waals surface area contributed by atoms with Gasteiger partial charge in [-0.25, -0.2) is 8.78 Å². The van der Waals surface area contributed by atoms with E-state index in [2.05, 4.69) is 10.6 Å². The van der Waals surface area contributed by atoms with Crippen LogP contribution >= 0.6 is 0 Å². The molecule has 0 saturated carbocycles. The third-order valence-corrected chi connectivity index (χ3v) is 2.48. The van der Waals surface area contributed by atoms with E-state index in [1.165, 1.54) is 0 Å². The number of carbonyl (C=O) groups excluding carboxylic acids is 1. The Balaban J connectivity index is 2.49. The summed E-state index contributed by atoms with van der Waals surface area (Å²) in [5.74, 6) is -4.32. The Morgan fingerprint density at radius 3 is 2.80 bits per heavy atom. The van der Waals surface area contributed by atoms with Crippen molar-refractivity contribution < 1.29 is 13.6 Å². The van der Waals surface area contributed by atoms with E-state index in [1.807, 2.05) is 13.8 Å². The topological polar surface area (TPSA) is 41.1 Å². The third kappa shape index (κ3) is 3.41. The highest BCUT2D eigenvalue weighted by molar-refractivity contribution is 5.79. The van der Waals surface area contributed by atoms with E-state index in [0.717, 1.165) is 0 Å². The SMILES string of the molecule is CC(C)CNC(=O)C1CCNCC1(F)F. The van der Waals surface area contributed by atoms with Gasteiger partial charge in [-0.1, -0.05) is 13.8 Å². The second-order valence-electron chi connectivity index (χ2n) is 4.42. The van der Waals surface area contributed by atoms with Crippen LogP contribution in [-0.4, -0.2) is 31.5 Å². The molecule has 2 N–H and O–H groups in total. The van der Waals surface area contributed by atoms with Crippen molar-refractivity contribution >= 4 is 5.91 Å². The zero-order chi connectivity index (χ0) is 11.5. The molecule has 1 saturated heterocycles. The number of alkyl halides is 2. The molecule has 1 fully saturated rings. The maximum absolute atomic E-state index is 13.3. The summed E-state index contributed by atoms with van der Waals surface area (Å²) in [6.07, 6.45) is 0.205. The minimum atomic E-state index is -2.92. The largest absolute Gasteiger partial charge is 0.355 e. The normalized spacial score (nSPS) is 25.3. The van der Waals surface area contributed by atoms with E-state index in [1.54, 1.807) is 0 Å². The minimum Gasteiger partial charge on any atom is -0.355 e. The second-order valence-corrected chi connectivity index (χ2v) is 4.42. The summed E-state index contributed by atoms with van der Waals surface area (Å²) in [4.78, 5) is 11.5. The summed E-state index contributed by atoms with van der Waals surface area (Å²) in [7, 11) is 0. The first-order valence-corrected chi connectivity index (χ1v) is 5.29. The van der Waals surface area contributed by atoms with Crippen LogP contribution in [0.2, 0.25) is 0 Å². The zero-order valence-corrected chi connectivity index (χ0v) is 9.15. The molecule has 1 rings (SSSR count). The number of nitrogens with one attached hydrogen (secondary N) is 2. The quantitative estimate of drug-likeness (QED) is 0.745. The van der Waals surface area contributed by atoms with Gasteiger partial charge in [0.15, 0.2) is 0 Å². The van der Waals surface area contributed by atoms with E-state index in [4.69, 9.17) is 0 Å². The van der Waals surface area contributed by atoms with Crippen molar-refractivity contribution in [2.24, 2.45) is 11.8 Å². The Labute approximate surface area is 88.6 Å². The van der Waals surface area contributed by atoms with E-state index in [9.17, 15) is 13.6 Å². The lowest BCUT2D eigenvalue weighted by molar-refractivity contribution is -0.142. The van der Waals surface area contributed by atoms with E-state index in [0.29, 0.717) is 13.1 Å². The number of hydrogen-bond donors (Lipinski definition) is 2. The van der Waals surface area contributed by atoms with Gasteiger partial charge in [-0.2, -0.15) is 0 Å². The summed E-state index contributed by atoms with van der Waals surface area (Å²) in [5, 5.41) is 5.16. The molecule has 5 heteroatoms. The van der Waals surface area contributed by atoms with Gasteiger partial charge >= 0.3 is 0 Å². The average molecular weight is 220 g/mol. The number of carbonyl (C=O) groups is 1.